The largest absolute Gasteiger partial charge is 0.493 e. The fraction of sp³-hybridized carbons (Fsp3) is 0.111. The van der Waals surface area contributed by atoms with Crippen LogP contribution < -0.4 is 9.47 Å². The molecule has 0 aliphatic carbocycles. The predicted octanol–water partition coefficient (Wildman–Crippen LogP) is 4.40. The van der Waals surface area contributed by atoms with Crippen molar-refractivity contribution in [1.29, 1.82) is 0 Å². The molecule has 5 nitrogen and oxygen atoms in total. The van der Waals surface area contributed by atoms with E-state index in [4.69, 9.17) is 25.5 Å². The lowest BCUT2D eigenvalue weighted by Crippen LogP contribution is -1.98. The summed E-state index contributed by atoms with van der Waals surface area (Å²) in [5.74, 6) is 1.48. The van der Waals surface area contributed by atoms with E-state index in [-0.39, 0.29) is 6.61 Å². The van der Waals surface area contributed by atoms with Gasteiger partial charge < -0.3 is 13.9 Å². The third-order valence-corrected chi connectivity index (χ3v) is 3.56. The number of halogens is 1. The third kappa shape index (κ3) is 3.58. The van der Waals surface area contributed by atoms with Crippen molar-refractivity contribution < 1.29 is 18.7 Å². The zero-order valence-corrected chi connectivity index (χ0v) is 13.6. The number of hydrogen-bond acceptors (Lipinski definition) is 5. The number of ether oxygens (including phenoxy) is 2. The molecule has 6 heteroatoms. The van der Waals surface area contributed by atoms with Crippen LogP contribution in [0.4, 0.5) is 0 Å². The maximum absolute atomic E-state index is 10.8. The van der Waals surface area contributed by atoms with E-state index in [0.717, 1.165) is 11.8 Å². The number of aldehydes is 1. The lowest BCUT2D eigenvalue weighted by Gasteiger charge is -2.09. The first-order valence-corrected chi connectivity index (χ1v) is 7.54. The highest BCUT2D eigenvalue weighted by Crippen LogP contribution is 2.29. The molecule has 0 spiro atoms. The summed E-state index contributed by atoms with van der Waals surface area (Å²) >= 11 is 5.97. The molecular formula is C18H14ClNO4. The summed E-state index contributed by atoms with van der Waals surface area (Å²) in [6, 6.07) is 12.2. The van der Waals surface area contributed by atoms with Gasteiger partial charge in [0.05, 0.1) is 7.11 Å². The average molecular weight is 344 g/mol. The van der Waals surface area contributed by atoms with E-state index in [1.807, 2.05) is 12.1 Å². The fourth-order valence-corrected chi connectivity index (χ4v) is 2.35. The second kappa shape index (κ2) is 7.19. The number of carbonyl (C=O) groups excluding carboxylic acids is 1. The number of hydrogen-bond donors (Lipinski definition) is 0. The van der Waals surface area contributed by atoms with E-state index in [2.05, 4.69) is 4.98 Å². The van der Waals surface area contributed by atoms with Gasteiger partial charge in [-0.3, -0.25) is 4.79 Å². The van der Waals surface area contributed by atoms with Gasteiger partial charge in [-0.2, -0.15) is 0 Å². The van der Waals surface area contributed by atoms with Crippen LogP contribution in [0.25, 0.3) is 11.5 Å². The van der Waals surface area contributed by atoms with Gasteiger partial charge in [-0.15, -0.1) is 0 Å². The van der Waals surface area contributed by atoms with Crippen molar-refractivity contribution in [2.24, 2.45) is 0 Å². The van der Waals surface area contributed by atoms with Gasteiger partial charge >= 0.3 is 0 Å². The summed E-state index contributed by atoms with van der Waals surface area (Å²) < 4.78 is 16.4. The molecule has 0 saturated carbocycles. The summed E-state index contributed by atoms with van der Waals surface area (Å²) in [5, 5.41) is 0.614. The average Bonchev–Trinajstić information content (AvgIpc) is 3.09. The number of carbonyl (C=O) groups is 1. The lowest BCUT2D eigenvalue weighted by molar-refractivity contribution is 0.112. The van der Waals surface area contributed by atoms with E-state index in [1.165, 1.54) is 13.4 Å². The summed E-state index contributed by atoms with van der Waals surface area (Å²) in [4.78, 5) is 15.2. The van der Waals surface area contributed by atoms with Gasteiger partial charge in [0.2, 0.25) is 5.89 Å². The van der Waals surface area contributed by atoms with Crippen molar-refractivity contribution >= 4 is 17.9 Å². The Kier molecular flexibility index (Phi) is 4.82. The molecule has 0 bridgehead atoms. The zero-order chi connectivity index (χ0) is 16.9. The third-order valence-electron chi connectivity index (χ3n) is 3.32. The van der Waals surface area contributed by atoms with E-state index >= 15 is 0 Å². The standard InChI is InChI=1S/C18H14ClNO4/c1-22-17-7-12(9-21)5-6-16(17)23-10-15-11-24-18(20-15)13-3-2-4-14(19)8-13/h2-9,11H,10H2,1H3. The molecule has 0 saturated heterocycles. The van der Waals surface area contributed by atoms with E-state index in [1.54, 1.807) is 30.3 Å². The van der Waals surface area contributed by atoms with Gasteiger partial charge in [-0.05, 0) is 36.4 Å². The van der Waals surface area contributed by atoms with Crippen LogP contribution in [0.1, 0.15) is 16.1 Å². The SMILES string of the molecule is COc1cc(C=O)ccc1OCc1coc(-c2cccc(Cl)c2)n1. The molecule has 0 aliphatic heterocycles. The Morgan fingerprint density at radius 1 is 1.21 bits per heavy atom. The summed E-state index contributed by atoms with van der Waals surface area (Å²) in [6.07, 6.45) is 2.28. The first kappa shape index (κ1) is 16.1. The predicted molar refractivity (Wildman–Crippen MR) is 89.7 cm³/mol. The Morgan fingerprint density at radius 3 is 2.83 bits per heavy atom. The lowest BCUT2D eigenvalue weighted by atomic mass is 10.2. The molecule has 2 aromatic carbocycles. The van der Waals surface area contributed by atoms with Gasteiger partial charge in [0.15, 0.2) is 11.5 Å². The Hall–Kier alpha value is -2.79. The zero-order valence-electron chi connectivity index (χ0n) is 12.9. The van der Waals surface area contributed by atoms with Crippen LogP contribution >= 0.6 is 11.6 Å². The fourth-order valence-electron chi connectivity index (χ4n) is 2.16. The van der Waals surface area contributed by atoms with Gasteiger partial charge in [-0.25, -0.2) is 4.98 Å². The van der Waals surface area contributed by atoms with E-state index < -0.39 is 0 Å². The van der Waals surface area contributed by atoms with Crippen LogP contribution in [0.3, 0.4) is 0 Å². The van der Waals surface area contributed by atoms with Crippen molar-refractivity contribution in [2.75, 3.05) is 7.11 Å². The van der Waals surface area contributed by atoms with E-state index in [9.17, 15) is 4.79 Å². The number of rotatable bonds is 6. The van der Waals surface area contributed by atoms with Crippen LogP contribution in [0.5, 0.6) is 11.5 Å². The number of benzene rings is 2. The number of aromatic nitrogens is 1. The van der Waals surface area contributed by atoms with Crippen LogP contribution in [0, 0.1) is 0 Å². The minimum atomic E-state index is 0.209. The van der Waals surface area contributed by atoms with Crippen LogP contribution in [0.2, 0.25) is 5.02 Å². The molecule has 1 heterocycles. The summed E-state index contributed by atoms with van der Waals surface area (Å²) in [5.41, 5.74) is 1.94. The Balaban J connectivity index is 1.73. The molecule has 3 aromatic rings. The highest BCUT2D eigenvalue weighted by Gasteiger charge is 2.10. The molecule has 0 amide bonds. The van der Waals surface area contributed by atoms with Crippen molar-refractivity contribution in [3.63, 3.8) is 0 Å². The number of oxazole rings is 1. The molecule has 24 heavy (non-hydrogen) atoms. The van der Waals surface area contributed by atoms with Gasteiger partial charge in [0.1, 0.15) is 24.9 Å². The van der Waals surface area contributed by atoms with E-state index in [0.29, 0.717) is 33.7 Å². The van der Waals surface area contributed by atoms with Gasteiger partial charge in [0.25, 0.3) is 0 Å². The van der Waals surface area contributed by atoms with Crippen LogP contribution in [-0.4, -0.2) is 18.4 Å². The molecule has 1 aromatic heterocycles. The van der Waals surface area contributed by atoms with Crippen molar-refractivity contribution in [3.8, 4) is 23.0 Å². The molecule has 3 rings (SSSR count). The summed E-state index contributed by atoms with van der Waals surface area (Å²) in [7, 11) is 1.52. The second-order valence-electron chi connectivity index (χ2n) is 4.97. The molecule has 122 valence electrons. The van der Waals surface area contributed by atoms with Crippen molar-refractivity contribution in [3.05, 3.63) is 65.0 Å². The Labute approximate surface area is 143 Å². The van der Waals surface area contributed by atoms with Crippen LogP contribution in [0.15, 0.2) is 53.1 Å². The molecule has 0 fully saturated rings. The Morgan fingerprint density at radius 2 is 2.08 bits per heavy atom. The highest BCUT2D eigenvalue weighted by atomic mass is 35.5. The first-order chi connectivity index (χ1) is 11.7. The van der Waals surface area contributed by atoms with Crippen molar-refractivity contribution in [1.82, 2.24) is 4.98 Å². The second-order valence-corrected chi connectivity index (χ2v) is 5.41. The molecule has 0 aliphatic rings. The minimum absolute atomic E-state index is 0.209. The quantitative estimate of drug-likeness (QED) is 0.621. The maximum Gasteiger partial charge on any atom is 0.226 e. The molecule has 0 N–H and O–H groups in total. The van der Waals surface area contributed by atoms with Gasteiger partial charge in [0, 0.05) is 16.1 Å². The molecule has 0 unspecified atom stereocenters. The smallest absolute Gasteiger partial charge is 0.226 e. The number of nitrogens with zero attached hydrogens (tertiary/aromatic N) is 1. The molecular weight excluding hydrogens is 330 g/mol. The van der Waals surface area contributed by atoms with Crippen LogP contribution in [-0.2, 0) is 6.61 Å². The normalized spacial score (nSPS) is 10.4. The minimum Gasteiger partial charge on any atom is -0.493 e. The first-order valence-electron chi connectivity index (χ1n) is 7.16. The highest BCUT2D eigenvalue weighted by molar-refractivity contribution is 6.30. The monoisotopic (exact) mass is 343 g/mol. The molecule has 0 atom stereocenters. The topological polar surface area (TPSA) is 61.6 Å². The number of methoxy groups -OCH3 is 1. The molecule has 0 radical (unpaired) electrons. The van der Waals surface area contributed by atoms with Crippen molar-refractivity contribution in [2.45, 2.75) is 6.61 Å². The Bertz CT molecular complexity index is 860. The summed E-state index contributed by atoms with van der Waals surface area (Å²) in [6.45, 7) is 0.209. The van der Waals surface area contributed by atoms with Gasteiger partial charge in [-0.1, -0.05) is 17.7 Å². The maximum atomic E-state index is 10.8.